The fourth-order valence-corrected chi connectivity index (χ4v) is 3.22. The zero-order valence-electron chi connectivity index (χ0n) is 15.0. The van der Waals surface area contributed by atoms with Crippen LogP contribution in [0, 0.1) is 0 Å². The average molecular weight is 350 g/mol. The molecule has 4 rings (SSSR count). The van der Waals surface area contributed by atoms with E-state index >= 15 is 0 Å². The molecule has 134 valence electrons. The number of ketones is 1. The van der Waals surface area contributed by atoms with Gasteiger partial charge in [-0.1, -0.05) is 6.07 Å². The molecular formula is C19H22N6O. The first-order valence-corrected chi connectivity index (χ1v) is 8.72. The summed E-state index contributed by atoms with van der Waals surface area (Å²) in [5.41, 5.74) is 9.40. The third kappa shape index (κ3) is 2.90. The maximum absolute atomic E-state index is 11.8. The van der Waals surface area contributed by atoms with Gasteiger partial charge in [0.05, 0.1) is 16.9 Å². The maximum atomic E-state index is 11.8. The van der Waals surface area contributed by atoms with Crippen molar-refractivity contribution in [3.05, 3.63) is 47.8 Å². The number of allylic oxidation sites excluding steroid dienone is 3. The molecule has 2 N–H and O–H groups in total. The Balaban J connectivity index is 1.83. The lowest BCUT2D eigenvalue weighted by Gasteiger charge is -2.32. The minimum atomic E-state index is -0.0689. The van der Waals surface area contributed by atoms with Crippen LogP contribution in [-0.4, -0.2) is 59.2 Å². The minimum Gasteiger partial charge on any atom is -0.397 e. The van der Waals surface area contributed by atoms with E-state index in [2.05, 4.69) is 16.8 Å². The molecule has 0 radical (unpaired) electrons. The van der Waals surface area contributed by atoms with E-state index in [0.29, 0.717) is 17.0 Å². The summed E-state index contributed by atoms with van der Waals surface area (Å²) in [6, 6.07) is 5.91. The number of aromatic nitrogens is 2. The molecular weight excluding hydrogens is 328 g/mol. The van der Waals surface area contributed by atoms with Crippen molar-refractivity contribution in [3.8, 4) is 0 Å². The summed E-state index contributed by atoms with van der Waals surface area (Å²) in [5, 5.41) is 4.75. The number of aliphatic imine (C=N–C) groups is 1. The third-order valence-electron chi connectivity index (χ3n) is 4.86. The molecule has 0 unspecified atom stereocenters. The molecule has 0 atom stereocenters. The Bertz CT molecular complexity index is 960. The zero-order valence-corrected chi connectivity index (χ0v) is 15.0. The highest BCUT2D eigenvalue weighted by Crippen LogP contribution is 2.34. The molecule has 0 aromatic carbocycles. The van der Waals surface area contributed by atoms with Crippen molar-refractivity contribution in [3.63, 3.8) is 0 Å². The number of carbonyl (C=O) groups is 1. The SMILES string of the molecule is CC1=C/C(=N\c2c(N3CCN(C)CC3)nn3ccccc23)C(N)=CC1=O. The summed E-state index contributed by atoms with van der Waals surface area (Å²) < 4.78 is 1.84. The van der Waals surface area contributed by atoms with E-state index in [1.54, 1.807) is 13.0 Å². The standard InChI is InChI=1S/C19H22N6O/c1-13-11-15(14(20)12-17(13)26)21-18-16-5-3-4-6-25(16)22-19(18)24-9-7-23(2)8-10-24/h3-6,11-12H,7-10,20H2,1-2H3/b21-15+. The van der Waals surface area contributed by atoms with Crippen LogP contribution in [0.4, 0.5) is 11.5 Å². The van der Waals surface area contributed by atoms with Gasteiger partial charge < -0.3 is 15.5 Å². The van der Waals surface area contributed by atoms with E-state index in [1.165, 1.54) is 6.08 Å². The Labute approximate surface area is 152 Å². The highest BCUT2D eigenvalue weighted by molar-refractivity contribution is 6.22. The van der Waals surface area contributed by atoms with E-state index < -0.39 is 0 Å². The Morgan fingerprint density at radius 3 is 2.69 bits per heavy atom. The number of carbonyl (C=O) groups excluding carboxylic acids is 1. The summed E-state index contributed by atoms with van der Waals surface area (Å²) in [6.45, 7) is 5.55. The number of rotatable bonds is 2. The van der Waals surface area contributed by atoms with Gasteiger partial charge in [-0.25, -0.2) is 9.51 Å². The van der Waals surface area contributed by atoms with Crippen molar-refractivity contribution in [1.29, 1.82) is 0 Å². The molecule has 2 aromatic heterocycles. The Morgan fingerprint density at radius 2 is 1.92 bits per heavy atom. The summed E-state index contributed by atoms with van der Waals surface area (Å²) in [6.07, 6.45) is 5.11. The van der Waals surface area contributed by atoms with Crippen LogP contribution in [0.5, 0.6) is 0 Å². The summed E-state index contributed by atoms with van der Waals surface area (Å²) >= 11 is 0. The average Bonchev–Trinajstić information content (AvgIpc) is 2.99. The summed E-state index contributed by atoms with van der Waals surface area (Å²) in [7, 11) is 2.13. The lowest BCUT2D eigenvalue weighted by molar-refractivity contribution is -0.111. The first kappa shape index (κ1) is 16.5. The number of hydrogen-bond donors (Lipinski definition) is 1. The molecule has 7 heteroatoms. The Kier molecular flexibility index (Phi) is 4.08. The van der Waals surface area contributed by atoms with Crippen molar-refractivity contribution >= 4 is 28.5 Å². The molecule has 1 saturated heterocycles. The van der Waals surface area contributed by atoms with Crippen LogP contribution in [0.15, 0.2) is 52.8 Å². The van der Waals surface area contributed by atoms with Crippen molar-refractivity contribution < 1.29 is 4.79 Å². The van der Waals surface area contributed by atoms with Gasteiger partial charge in [-0.3, -0.25) is 4.79 Å². The topological polar surface area (TPSA) is 79.2 Å². The Hall–Kier alpha value is -2.93. The van der Waals surface area contributed by atoms with Gasteiger partial charge in [0.1, 0.15) is 5.69 Å². The molecule has 1 aliphatic heterocycles. The normalized spacial score (nSPS) is 20.6. The second-order valence-electron chi connectivity index (χ2n) is 6.78. The highest BCUT2D eigenvalue weighted by Gasteiger charge is 2.23. The summed E-state index contributed by atoms with van der Waals surface area (Å²) in [4.78, 5) is 21.2. The lowest BCUT2D eigenvalue weighted by atomic mass is 10.0. The molecule has 0 amide bonds. The molecule has 2 aromatic rings. The van der Waals surface area contributed by atoms with Gasteiger partial charge in [-0.05, 0) is 37.8 Å². The number of fused-ring (bicyclic) bond motifs is 1. The third-order valence-corrected chi connectivity index (χ3v) is 4.86. The number of hydrogen-bond acceptors (Lipinski definition) is 6. The molecule has 1 fully saturated rings. The zero-order chi connectivity index (χ0) is 18.3. The highest BCUT2D eigenvalue weighted by atomic mass is 16.1. The molecule has 3 heterocycles. The van der Waals surface area contributed by atoms with Gasteiger partial charge in [-0.2, -0.15) is 0 Å². The van der Waals surface area contributed by atoms with Gasteiger partial charge in [0, 0.05) is 38.5 Å². The van der Waals surface area contributed by atoms with Gasteiger partial charge in [0.25, 0.3) is 0 Å². The summed E-state index contributed by atoms with van der Waals surface area (Å²) in [5.74, 6) is 0.785. The number of anilines is 1. The minimum absolute atomic E-state index is 0.0689. The second-order valence-corrected chi connectivity index (χ2v) is 6.78. The number of likely N-dealkylation sites (N-methyl/N-ethyl adjacent to an activating group) is 1. The van der Waals surface area contributed by atoms with Crippen molar-refractivity contribution in [1.82, 2.24) is 14.5 Å². The van der Waals surface area contributed by atoms with Gasteiger partial charge in [-0.15, -0.1) is 5.10 Å². The first-order valence-electron chi connectivity index (χ1n) is 8.72. The van der Waals surface area contributed by atoms with Crippen LogP contribution in [-0.2, 0) is 4.79 Å². The van der Waals surface area contributed by atoms with Crippen LogP contribution >= 0.6 is 0 Å². The quantitative estimate of drug-likeness (QED) is 0.831. The molecule has 7 nitrogen and oxygen atoms in total. The van der Waals surface area contributed by atoms with E-state index in [1.807, 2.05) is 28.9 Å². The molecule has 2 aliphatic rings. The van der Waals surface area contributed by atoms with Crippen LogP contribution in [0.2, 0.25) is 0 Å². The first-order chi connectivity index (χ1) is 12.5. The monoisotopic (exact) mass is 350 g/mol. The number of pyridine rings is 1. The van der Waals surface area contributed by atoms with Crippen LogP contribution in [0.25, 0.3) is 5.52 Å². The van der Waals surface area contributed by atoms with E-state index in [9.17, 15) is 4.79 Å². The van der Waals surface area contributed by atoms with Crippen molar-refractivity contribution in [2.45, 2.75) is 6.92 Å². The van der Waals surface area contributed by atoms with Gasteiger partial charge >= 0.3 is 0 Å². The van der Waals surface area contributed by atoms with Crippen LogP contribution in [0.3, 0.4) is 0 Å². The molecule has 0 spiro atoms. The molecule has 1 aliphatic carbocycles. The predicted octanol–water partition coefficient (Wildman–Crippen LogP) is 1.53. The fraction of sp³-hybridized carbons (Fsp3) is 0.316. The molecule has 0 bridgehead atoms. The van der Waals surface area contributed by atoms with Gasteiger partial charge in [0.2, 0.25) is 0 Å². The lowest BCUT2D eigenvalue weighted by Crippen LogP contribution is -2.44. The number of piperazine rings is 1. The maximum Gasteiger partial charge on any atom is 0.183 e. The predicted molar refractivity (Wildman–Crippen MR) is 103 cm³/mol. The van der Waals surface area contributed by atoms with Crippen molar-refractivity contribution in [2.24, 2.45) is 10.7 Å². The smallest absolute Gasteiger partial charge is 0.183 e. The second kappa shape index (κ2) is 6.42. The van der Waals surface area contributed by atoms with Crippen LogP contribution < -0.4 is 10.6 Å². The fourth-order valence-electron chi connectivity index (χ4n) is 3.22. The van der Waals surface area contributed by atoms with E-state index in [4.69, 9.17) is 15.8 Å². The largest absolute Gasteiger partial charge is 0.397 e. The van der Waals surface area contributed by atoms with E-state index in [0.717, 1.165) is 43.2 Å². The van der Waals surface area contributed by atoms with Crippen molar-refractivity contribution in [2.75, 3.05) is 38.1 Å². The van der Waals surface area contributed by atoms with Gasteiger partial charge in [0.15, 0.2) is 11.6 Å². The molecule has 0 saturated carbocycles. The van der Waals surface area contributed by atoms with Crippen LogP contribution in [0.1, 0.15) is 6.92 Å². The number of nitrogens with two attached hydrogens (primary N) is 1. The van der Waals surface area contributed by atoms with E-state index in [-0.39, 0.29) is 5.78 Å². The number of nitrogens with zero attached hydrogens (tertiary/aromatic N) is 5. The molecule has 26 heavy (non-hydrogen) atoms. The Morgan fingerprint density at radius 1 is 1.15 bits per heavy atom.